The molecule has 0 saturated heterocycles. The minimum Gasteiger partial charge on any atom is -0.478 e. The number of amidine groups is 1. The van der Waals surface area contributed by atoms with Crippen molar-refractivity contribution in [1.29, 1.82) is 5.41 Å². The second-order valence-electron chi connectivity index (χ2n) is 9.10. The van der Waals surface area contributed by atoms with Crippen molar-refractivity contribution in [3.63, 3.8) is 0 Å². The Kier molecular flexibility index (Phi) is 6.19. The molecule has 0 aromatic heterocycles. The third-order valence-corrected chi connectivity index (χ3v) is 6.90. The van der Waals surface area contributed by atoms with E-state index >= 15 is 0 Å². The van der Waals surface area contributed by atoms with Crippen LogP contribution in [0.15, 0.2) is 91.0 Å². The lowest BCUT2D eigenvalue weighted by Crippen LogP contribution is -2.28. The molecular formula is C30H26N4O3. The van der Waals surface area contributed by atoms with Crippen LogP contribution in [-0.4, -0.2) is 22.8 Å². The smallest absolute Gasteiger partial charge is 0.336 e. The molecule has 4 aromatic rings. The number of primary amides is 1. The summed E-state index contributed by atoms with van der Waals surface area (Å²) in [5.41, 5.74) is 16.8. The first-order valence-corrected chi connectivity index (χ1v) is 11.9. The Morgan fingerprint density at radius 3 is 2.19 bits per heavy atom. The van der Waals surface area contributed by atoms with E-state index in [0.717, 1.165) is 22.4 Å². The van der Waals surface area contributed by atoms with E-state index in [0.29, 0.717) is 23.1 Å². The summed E-state index contributed by atoms with van der Waals surface area (Å²) in [5.74, 6) is -1.98. The van der Waals surface area contributed by atoms with Gasteiger partial charge >= 0.3 is 5.97 Å². The monoisotopic (exact) mass is 490 g/mol. The number of anilines is 1. The van der Waals surface area contributed by atoms with Crippen molar-refractivity contribution in [1.82, 2.24) is 0 Å². The van der Waals surface area contributed by atoms with Crippen molar-refractivity contribution in [3.05, 3.63) is 124 Å². The predicted octanol–water partition coefficient (Wildman–Crippen LogP) is 5.12. The number of carboxylic acids is 1. The van der Waals surface area contributed by atoms with Crippen LogP contribution < -0.4 is 16.8 Å². The number of nitrogens with two attached hydrogens (primary N) is 2. The highest BCUT2D eigenvalue weighted by atomic mass is 16.4. The van der Waals surface area contributed by atoms with Crippen LogP contribution in [0.2, 0.25) is 0 Å². The molecule has 7 nitrogen and oxygen atoms in total. The Hall–Kier alpha value is -4.91. The average Bonchev–Trinajstić information content (AvgIpc) is 2.92. The number of fused-ring (bicyclic) bond motifs is 1. The van der Waals surface area contributed by atoms with Crippen molar-refractivity contribution < 1.29 is 14.7 Å². The lowest BCUT2D eigenvalue weighted by molar-refractivity contribution is 0.0696. The fraction of sp³-hybridized carbons (Fsp3) is 0.100. The third kappa shape index (κ3) is 4.43. The highest BCUT2D eigenvalue weighted by Crippen LogP contribution is 2.46. The number of carbonyl (C=O) groups is 2. The van der Waals surface area contributed by atoms with Crippen LogP contribution in [0.5, 0.6) is 0 Å². The van der Waals surface area contributed by atoms with Crippen LogP contribution >= 0.6 is 0 Å². The summed E-state index contributed by atoms with van der Waals surface area (Å²) in [5, 5.41) is 21.8. The quantitative estimate of drug-likeness (QED) is 0.188. The minimum absolute atomic E-state index is 0.0310. The Bertz CT molecular complexity index is 1520. The van der Waals surface area contributed by atoms with Gasteiger partial charge in [0, 0.05) is 28.3 Å². The molecule has 7 N–H and O–H groups in total. The number of rotatable bonds is 6. The van der Waals surface area contributed by atoms with Gasteiger partial charge in [0.2, 0.25) is 5.91 Å². The topological polar surface area (TPSA) is 142 Å². The SMILES string of the molecule is N=C(N)c1ccc2c(c1)C(c1ccccc1)CC(c1c(C(N)=O)ccc(-c3ccccc3)c1C(=O)O)N2. The van der Waals surface area contributed by atoms with Crippen LogP contribution in [0.25, 0.3) is 11.1 Å². The van der Waals surface area contributed by atoms with Gasteiger partial charge in [-0.1, -0.05) is 66.7 Å². The van der Waals surface area contributed by atoms with Crippen LogP contribution in [0.3, 0.4) is 0 Å². The summed E-state index contributed by atoms with van der Waals surface area (Å²) in [6.45, 7) is 0. The number of nitrogen functional groups attached to an aromatic ring is 1. The van der Waals surface area contributed by atoms with Gasteiger partial charge in [-0.25, -0.2) is 4.79 Å². The van der Waals surface area contributed by atoms with E-state index in [1.807, 2.05) is 72.8 Å². The number of amides is 1. The fourth-order valence-corrected chi connectivity index (χ4v) is 5.24. The number of carbonyl (C=O) groups excluding carboxylic acids is 1. The van der Waals surface area contributed by atoms with E-state index in [1.165, 1.54) is 0 Å². The highest BCUT2D eigenvalue weighted by Gasteiger charge is 2.34. The standard InChI is InChI=1S/C30H26N4O3/c31-28(32)19-11-14-24-23(15-19)22(18-9-5-2-6-10-18)16-25(34-24)26-21(29(33)35)13-12-20(27(26)30(36)37)17-7-3-1-4-8-17/h1-15,22,25,34H,16H2,(H3,31,32)(H2,33,35)(H,36,37). The molecule has 1 aliphatic heterocycles. The summed E-state index contributed by atoms with van der Waals surface area (Å²) in [4.78, 5) is 25.3. The number of hydrogen-bond donors (Lipinski definition) is 5. The second-order valence-corrected chi connectivity index (χ2v) is 9.10. The fourth-order valence-electron chi connectivity index (χ4n) is 5.24. The molecule has 0 radical (unpaired) electrons. The molecule has 5 rings (SSSR count). The van der Waals surface area contributed by atoms with E-state index < -0.39 is 17.9 Å². The number of nitrogens with one attached hydrogen (secondary N) is 2. The summed E-state index contributed by atoms with van der Waals surface area (Å²) < 4.78 is 0. The minimum atomic E-state index is -1.13. The van der Waals surface area contributed by atoms with Gasteiger partial charge in [-0.15, -0.1) is 0 Å². The maximum atomic E-state index is 12.7. The molecule has 184 valence electrons. The molecule has 0 spiro atoms. The van der Waals surface area contributed by atoms with Crippen molar-refractivity contribution in [3.8, 4) is 11.1 Å². The van der Waals surface area contributed by atoms with Gasteiger partial charge in [0.25, 0.3) is 0 Å². The Balaban J connectivity index is 1.74. The number of aromatic carboxylic acids is 1. The molecule has 1 heterocycles. The maximum Gasteiger partial charge on any atom is 0.336 e. The van der Waals surface area contributed by atoms with E-state index in [9.17, 15) is 14.7 Å². The van der Waals surface area contributed by atoms with Gasteiger partial charge in [0.15, 0.2) is 0 Å². The number of benzene rings is 4. The zero-order chi connectivity index (χ0) is 26.1. The average molecular weight is 491 g/mol. The summed E-state index contributed by atoms with van der Waals surface area (Å²) in [6, 6.07) is 27.4. The molecule has 0 bridgehead atoms. The van der Waals surface area contributed by atoms with Crippen molar-refractivity contribution in [2.75, 3.05) is 5.32 Å². The number of hydrogen-bond acceptors (Lipinski definition) is 4. The molecule has 7 heteroatoms. The van der Waals surface area contributed by atoms with Gasteiger partial charge in [0.05, 0.1) is 11.6 Å². The zero-order valence-electron chi connectivity index (χ0n) is 19.9. The zero-order valence-corrected chi connectivity index (χ0v) is 19.9. The van der Waals surface area contributed by atoms with Crippen molar-refractivity contribution in [2.45, 2.75) is 18.4 Å². The van der Waals surface area contributed by atoms with Crippen LogP contribution in [0, 0.1) is 5.41 Å². The first-order valence-electron chi connectivity index (χ1n) is 11.9. The lowest BCUT2D eigenvalue weighted by Gasteiger charge is -2.36. The molecule has 4 aromatic carbocycles. The van der Waals surface area contributed by atoms with E-state index in [1.54, 1.807) is 18.2 Å². The van der Waals surface area contributed by atoms with E-state index in [2.05, 4.69) is 5.32 Å². The maximum absolute atomic E-state index is 12.7. The first kappa shape index (κ1) is 23.8. The predicted molar refractivity (Wildman–Crippen MR) is 144 cm³/mol. The number of carboxylic acid groups (broad SMARTS) is 1. The molecule has 0 aliphatic carbocycles. The summed E-state index contributed by atoms with van der Waals surface area (Å²) >= 11 is 0. The molecule has 1 aliphatic rings. The molecule has 2 unspecified atom stereocenters. The third-order valence-electron chi connectivity index (χ3n) is 6.90. The lowest BCUT2D eigenvalue weighted by atomic mass is 9.77. The van der Waals surface area contributed by atoms with Crippen LogP contribution in [0.4, 0.5) is 5.69 Å². The summed E-state index contributed by atoms with van der Waals surface area (Å²) in [6.07, 6.45) is 0.469. The molecule has 2 atom stereocenters. The highest BCUT2D eigenvalue weighted by molar-refractivity contribution is 6.04. The van der Waals surface area contributed by atoms with E-state index in [4.69, 9.17) is 16.9 Å². The molecule has 0 saturated carbocycles. The van der Waals surface area contributed by atoms with Gasteiger partial charge in [-0.3, -0.25) is 10.2 Å². The van der Waals surface area contributed by atoms with Gasteiger partial charge < -0.3 is 21.9 Å². The van der Waals surface area contributed by atoms with Crippen LogP contribution in [0.1, 0.15) is 61.4 Å². The Morgan fingerprint density at radius 1 is 0.892 bits per heavy atom. The normalized spacial score (nSPS) is 16.3. The van der Waals surface area contributed by atoms with Crippen LogP contribution in [-0.2, 0) is 0 Å². The molecule has 1 amide bonds. The Morgan fingerprint density at radius 2 is 1.57 bits per heavy atom. The van der Waals surface area contributed by atoms with E-state index in [-0.39, 0.29) is 22.9 Å². The van der Waals surface area contributed by atoms with Crippen molar-refractivity contribution in [2.24, 2.45) is 11.5 Å². The largest absolute Gasteiger partial charge is 0.478 e. The first-order chi connectivity index (χ1) is 17.8. The van der Waals surface area contributed by atoms with Gasteiger partial charge in [-0.05, 0) is 52.9 Å². The van der Waals surface area contributed by atoms with Gasteiger partial charge in [-0.2, -0.15) is 0 Å². The van der Waals surface area contributed by atoms with Crippen molar-refractivity contribution >= 4 is 23.4 Å². The molecule has 0 fully saturated rings. The summed E-state index contributed by atoms with van der Waals surface area (Å²) in [7, 11) is 0. The molecule has 37 heavy (non-hydrogen) atoms. The van der Waals surface area contributed by atoms with Gasteiger partial charge in [0.1, 0.15) is 5.84 Å². The second kappa shape index (κ2) is 9.62. The Labute approximate surface area is 214 Å². The molecular weight excluding hydrogens is 464 g/mol.